The average molecular weight is 188 g/mol. The molecular weight excluding hydrogens is 176 g/mol. The minimum Gasteiger partial charge on any atom is -0.399 e. The normalized spacial score (nSPS) is 10.3. The molecule has 0 amide bonds. The second-order valence-corrected chi connectivity index (χ2v) is 3.17. The number of rotatable bonds is 3. The molecule has 0 saturated heterocycles. The molecule has 0 saturated carbocycles. The second kappa shape index (κ2) is 3.91. The van der Waals surface area contributed by atoms with Gasteiger partial charge in [-0.15, -0.1) is 0 Å². The number of aryl methyl sites for hydroxylation is 2. The van der Waals surface area contributed by atoms with Crippen molar-refractivity contribution in [1.29, 1.82) is 0 Å². The minimum atomic E-state index is 0.799. The lowest BCUT2D eigenvalue weighted by atomic mass is 10.1. The summed E-state index contributed by atoms with van der Waals surface area (Å²) in [6, 6.07) is 7.89. The van der Waals surface area contributed by atoms with Gasteiger partial charge in [-0.2, -0.15) is 5.10 Å². The Morgan fingerprint density at radius 3 is 2.57 bits per heavy atom. The van der Waals surface area contributed by atoms with Crippen molar-refractivity contribution in [2.75, 3.05) is 5.73 Å². The molecule has 0 atom stereocenters. The van der Waals surface area contributed by atoms with Gasteiger partial charge in [0.2, 0.25) is 0 Å². The first-order chi connectivity index (χ1) is 6.84. The van der Waals surface area contributed by atoms with Gasteiger partial charge < -0.3 is 5.73 Å². The maximum absolute atomic E-state index is 5.59. The molecule has 0 bridgehead atoms. The number of nitrogens with zero attached hydrogens (tertiary/aromatic N) is 2. The highest BCUT2D eigenvalue weighted by atomic mass is 15.2. The molecular formula is C10H12N4. The van der Waals surface area contributed by atoms with E-state index in [1.807, 2.05) is 24.3 Å². The number of aromatic amines is 1. The lowest BCUT2D eigenvalue weighted by Gasteiger charge is -1.99. The summed E-state index contributed by atoms with van der Waals surface area (Å²) in [5, 5.41) is 6.63. The van der Waals surface area contributed by atoms with Gasteiger partial charge in [0.1, 0.15) is 12.2 Å². The van der Waals surface area contributed by atoms with Gasteiger partial charge in [0.05, 0.1) is 0 Å². The fraction of sp³-hybridized carbons (Fsp3) is 0.200. The zero-order valence-electron chi connectivity index (χ0n) is 7.77. The maximum Gasteiger partial charge on any atom is 0.137 e. The van der Waals surface area contributed by atoms with Crippen molar-refractivity contribution in [2.24, 2.45) is 0 Å². The van der Waals surface area contributed by atoms with Crippen LogP contribution in [0.2, 0.25) is 0 Å². The first-order valence-corrected chi connectivity index (χ1v) is 4.53. The summed E-state index contributed by atoms with van der Waals surface area (Å²) in [5.74, 6) is 0.918. The molecule has 4 nitrogen and oxygen atoms in total. The van der Waals surface area contributed by atoms with Crippen molar-refractivity contribution < 1.29 is 0 Å². The van der Waals surface area contributed by atoms with Crippen LogP contribution < -0.4 is 5.73 Å². The van der Waals surface area contributed by atoms with Gasteiger partial charge in [-0.05, 0) is 24.1 Å². The summed E-state index contributed by atoms with van der Waals surface area (Å²) in [4.78, 5) is 4.06. The van der Waals surface area contributed by atoms with E-state index in [2.05, 4.69) is 15.2 Å². The zero-order chi connectivity index (χ0) is 9.80. The van der Waals surface area contributed by atoms with Crippen LogP contribution in [0, 0.1) is 0 Å². The van der Waals surface area contributed by atoms with E-state index >= 15 is 0 Å². The van der Waals surface area contributed by atoms with E-state index in [0.717, 1.165) is 24.4 Å². The standard InChI is InChI=1S/C10H12N4/c11-9-4-1-8(2-5-9)3-6-10-12-7-13-14-10/h1-2,4-5,7H,3,6,11H2,(H,12,13,14). The number of nitrogens with one attached hydrogen (secondary N) is 1. The minimum absolute atomic E-state index is 0.799. The molecule has 4 heteroatoms. The van der Waals surface area contributed by atoms with Crippen LogP contribution in [0.5, 0.6) is 0 Å². The van der Waals surface area contributed by atoms with E-state index in [4.69, 9.17) is 5.73 Å². The fourth-order valence-electron chi connectivity index (χ4n) is 1.30. The zero-order valence-corrected chi connectivity index (χ0v) is 7.77. The van der Waals surface area contributed by atoms with E-state index < -0.39 is 0 Å². The van der Waals surface area contributed by atoms with Crippen molar-refractivity contribution in [1.82, 2.24) is 15.2 Å². The number of hydrogen-bond donors (Lipinski definition) is 2. The van der Waals surface area contributed by atoms with Crippen molar-refractivity contribution in [2.45, 2.75) is 12.8 Å². The second-order valence-electron chi connectivity index (χ2n) is 3.17. The number of hydrogen-bond acceptors (Lipinski definition) is 3. The summed E-state index contributed by atoms with van der Waals surface area (Å²) in [5.41, 5.74) is 7.65. The third-order valence-corrected chi connectivity index (χ3v) is 2.10. The summed E-state index contributed by atoms with van der Waals surface area (Å²) in [6.45, 7) is 0. The highest BCUT2D eigenvalue weighted by molar-refractivity contribution is 5.39. The largest absolute Gasteiger partial charge is 0.399 e. The van der Waals surface area contributed by atoms with Crippen LogP contribution in [-0.4, -0.2) is 15.2 Å². The number of benzene rings is 1. The Morgan fingerprint density at radius 2 is 1.93 bits per heavy atom. The quantitative estimate of drug-likeness (QED) is 0.710. The Kier molecular flexibility index (Phi) is 2.44. The molecule has 72 valence electrons. The van der Waals surface area contributed by atoms with E-state index in [-0.39, 0.29) is 0 Å². The Balaban J connectivity index is 1.95. The van der Waals surface area contributed by atoms with Gasteiger partial charge in [0, 0.05) is 12.1 Å². The van der Waals surface area contributed by atoms with Crippen LogP contribution in [0.3, 0.4) is 0 Å². The molecule has 3 N–H and O–H groups in total. The molecule has 1 aromatic carbocycles. The van der Waals surface area contributed by atoms with Crippen LogP contribution in [-0.2, 0) is 12.8 Å². The summed E-state index contributed by atoms with van der Waals surface area (Å²) in [6.07, 6.45) is 3.36. The van der Waals surface area contributed by atoms with Crippen molar-refractivity contribution in [3.05, 3.63) is 42.0 Å². The lowest BCUT2D eigenvalue weighted by molar-refractivity contribution is 0.865. The molecule has 1 aromatic heterocycles. The fourth-order valence-corrected chi connectivity index (χ4v) is 1.30. The highest BCUT2D eigenvalue weighted by Gasteiger charge is 1.97. The third kappa shape index (κ3) is 2.10. The monoisotopic (exact) mass is 188 g/mol. The lowest BCUT2D eigenvalue weighted by Crippen LogP contribution is -1.94. The SMILES string of the molecule is Nc1ccc(CCc2ncn[nH]2)cc1. The first kappa shape index (κ1) is 8.74. The molecule has 0 aliphatic carbocycles. The number of nitrogens with two attached hydrogens (primary N) is 1. The van der Waals surface area contributed by atoms with Gasteiger partial charge in [0.15, 0.2) is 0 Å². The van der Waals surface area contributed by atoms with Gasteiger partial charge in [-0.25, -0.2) is 4.98 Å². The van der Waals surface area contributed by atoms with Crippen LogP contribution in [0.4, 0.5) is 5.69 Å². The Morgan fingerprint density at radius 1 is 1.14 bits per heavy atom. The molecule has 0 aliphatic heterocycles. The predicted molar refractivity (Wildman–Crippen MR) is 54.6 cm³/mol. The number of nitrogen functional groups attached to an aromatic ring is 1. The van der Waals surface area contributed by atoms with Gasteiger partial charge >= 0.3 is 0 Å². The van der Waals surface area contributed by atoms with Crippen LogP contribution in [0.1, 0.15) is 11.4 Å². The summed E-state index contributed by atoms with van der Waals surface area (Å²) >= 11 is 0. The first-order valence-electron chi connectivity index (χ1n) is 4.53. The molecule has 0 radical (unpaired) electrons. The van der Waals surface area contributed by atoms with Gasteiger partial charge in [-0.3, -0.25) is 5.10 Å². The summed E-state index contributed by atoms with van der Waals surface area (Å²) < 4.78 is 0. The molecule has 14 heavy (non-hydrogen) atoms. The molecule has 0 spiro atoms. The van der Waals surface area contributed by atoms with Crippen molar-refractivity contribution in [3.63, 3.8) is 0 Å². The topological polar surface area (TPSA) is 67.6 Å². The Bertz CT molecular complexity index is 377. The van der Waals surface area contributed by atoms with E-state index in [9.17, 15) is 0 Å². The smallest absolute Gasteiger partial charge is 0.137 e. The van der Waals surface area contributed by atoms with E-state index in [1.165, 1.54) is 11.9 Å². The maximum atomic E-state index is 5.59. The number of H-pyrrole nitrogens is 1. The predicted octanol–water partition coefficient (Wildman–Crippen LogP) is 1.17. The molecule has 0 unspecified atom stereocenters. The van der Waals surface area contributed by atoms with Crippen molar-refractivity contribution in [3.8, 4) is 0 Å². The Hall–Kier alpha value is -1.84. The molecule has 0 fully saturated rings. The van der Waals surface area contributed by atoms with E-state index in [0.29, 0.717) is 0 Å². The Labute approximate surface area is 82.2 Å². The van der Waals surface area contributed by atoms with Gasteiger partial charge in [-0.1, -0.05) is 12.1 Å². The van der Waals surface area contributed by atoms with Crippen LogP contribution in [0.15, 0.2) is 30.6 Å². The third-order valence-electron chi connectivity index (χ3n) is 2.10. The molecule has 1 heterocycles. The number of aromatic nitrogens is 3. The molecule has 2 rings (SSSR count). The molecule has 2 aromatic rings. The van der Waals surface area contributed by atoms with Gasteiger partial charge in [0.25, 0.3) is 0 Å². The van der Waals surface area contributed by atoms with E-state index in [1.54, 1.807) is 0 Å². The van der Waals surface area contributed by atoms with Crippen molar-refractivity contribution >= 4 is 5.69 Å². The summed E-state index contributed by atoms with van der Waals surface area (Å²) in [7, 11) is 0. The average Bonchev–Trinajstić information content (AvgIpc) is 2.70. The van der Waals surface area contributed by atoms with Crippen LogP contribution in [0.25, 0.3) is 0 Å². The van der Waals surface area contributed by atoms with Crippen LogP contribution >= 0.6 is 0 Å². The highest BCUT2D eigenvalue weighted by Crippen LogP contribution is 2.07. The molecule has 0 aliphatic rings. The number of anilines is 1.